The maximum atomic E-state index is 12.5. The van der Waals surface area contributed by atoms with E-state index >= 15 is 0 Å². The second kappa shape index (κ2) is 7.29. The highest BCUT2D eigenvalue weighted by molar-refractivity contribution is 6.12. The predicted molar refractivity (Wildman–Crippen MR) is 105 cm³/mol. The van der Waals surface area contributed by atoms with Crippen molar-refractivity contribution in [1.29, 1.82) is 0 Å². The van der Waals surface area contributed by atoms with Gasteiger partial charge >= 0.3 is 5.97 Å². The first-order valence-electron chi connectivity index (χ1n) is 9.44. The molecule has 0 bridgehead atoms. The van der Waals surface area contributed by atoms with Crippen LogP contribution in [0.15, 0.2) is 24.4 Å². The van der Waals surface area contributed by atoms with Crippen LogP contribution in [0, 0.1) is 6.92 Å². The average molecular weight is 367 g/mol. The van der Waals surface area contributed by atoms with Gasteiger partial charge in [-0.1, -0.05) is 12.1 Å². The Bertz CT molecular complexity index is 987. The predicted octanol–water partition coefficient (Wildman–Crippen LogP) is 3.42. The van der Waals surface area contributed by atoms with Gasteiger partial charge in [-0.25, -0.2) is 9.78 Å². The Morgan fingerprint density at radius 1 is 1.26 bits per heavy atom. The first-order chi connectivity index (χ1) is 13.0. The third-order valence-corrected chi connectivity index (χ3v) is 5.03. The number of fused-ring (bicyclic) bond motifs is 3. The van der Waals surface area contributed by atoms with Gasteiger partial charge in [0.15, 0.2) is 5.69 Å². The Labute approximate surface area is 158 Å². The van der Waals surface area contributed by atoms with E-state index in [1.54, 1.807) is 6.20 Å². The van der Waals surface area contributed by atoms with Crippen molar-refractivity contribution >= 4 is 27.8 Å². The fourth-order valence-corrected chi connectivity index (χ4v) is 3.78. The molecule has 0 saturated carbocycles. The van der Waals surface area contributed by atoms with E-state index in [0.29, 0.717) is 5.69 Å². The molecule has 2 aromatic heterocycles. The summed E-state index contributed by atoms with van der Waals surface area (Å²) in [5.41, 5.74) is 4.50. The molecule has 1 aliphatic rings. The van der Waals surface area contributed by atoms with Gasteiger partial charge < -0.3 is 14.5 Å². The third kappa shape index (κ3) is 3.42. The van der Waals surface area contributed by atoms with Crippen molar-refractivity contribution in [2.45, 2.75) is 33.4 Å². The molecule has 6 nitrogen and oxygen atoms in total. The lowest BCUT2D eigenvalue weighted by atomic mass is 10.0. The monoisotopic (exact) mass is 367 g/mol. The maximum Gasteiger partial charge on any atom is 0.357 e. The Morgan fingerprint density at radius 3 is 2.78 bits per heavy atom. The van der Waals surface area contributed by atoms with Gasteiger partial charge in [0.05, 0.1) is 31.0 Å². The van der Waals surface area contributed by atoms with Gasteiger partial charge in [-0.05, 0) is 38.0 Å². The van der Waals surface area contributed by atoms with E-state index in [4.69, 9.17) is 9.47 Å². The van der Waals surface area contributed by atoms with Gasteiger partial charge in [0.1, 0.15) is 0 Å². The molecule has 4 rings (SSSR count). The number of hydrogen-bond donors (Lipinski definition) is 1. The van der Waals surface area contributed by atoms with Crippen molar-refractivity contribution in [3.05, 3.63) is 41.2 Å². The molecule has 6 heteroatoms. The molecule has 1 N–H and O–H groups in total. The molecule has 1 aliphatic heterocycles. The lowest BCUT2D eigenvalue weighted by Gasteiger charge is -2.26. The third-order valence-electron chi connectivity index (χ3n) is 5.03. The fraction of sp³-hybridized carbons (Fsp3) is 0.429. The van der Waals surface area contributed by atoms with Crippen molar-refractivity contribution < 1.29 is 14.3 Å². The van der Waals surface area contributed by atoms with E-state index < -0.39 is 0 Å². The molecule has 0 aliphatic carbocycles. The van der Waals surface area contributed by atoms with E-state index in [1.165, 1.54) is 5.56 Å². The number of aromatic amines is 1. The van der Waals surface area contributed by atoms with Crippen molar-refractivity contribution in [2.24, 2.45) is 0 Å². The van der Waals surface area contributed by atoms with E-state index in [2.05, 4.69) is 33.1 Å². The van der Waals surface area contributed by atoms with Crippen molar-refractivity contribution in [2.75, 3.05) is 26.3 Å². The number of rotatable bonds is 4. The Hall–Kier alpha value is -2.44. The summed E-state index contributed by atoms with van der Waals surface area (Å²) < 4.78 is 10.8. The van der Waals surface area contributed by atoms with Crippen molar-refractivity contribution in [3.8, 4) is 0 Å². The lowest BCUT2D eigenvalue weighted by Crippen LogP contribution is -2.35. The minimum atomic E-state index is -0.371. The summed E-state index contributed by atoms with van der Waals surface area (Å²) in [7, 11) is 0. The number of hydrogen-bond acceptors (Lipinski definition) is 5. The molecule has 0 radical (unpaired) electrons. The number of carbonyl (C=O) groups is 1. The average Bonchev–Trinajstić information content (AvgIpc) is 3.02. The summed E-state index contributed by atoms with van der Waals surface area (Å²) in [6, 6.07) is 6.31. The molecule has 1 fully saturated rings. The zero-order valence-electron chi connectivity index (χ0n) is 16.0. The smallest absolute Gasteiger partial charge is 0.357 e. The molecular weight excluding hydrogens is 342 g/mol. The zero-order chi connectivity index (χ0) is 19.0. The Balaban J connectivity index is 1.83. The molecule has 0 unspecified atom stereocenters. The van der Waals surface area contributed by atoms with Crippen LogP contribution in [0.25, 0.3) is 21.8 Å². The van der Waals surface area contributed by atoms with Gasteiger partial charge in [-0.2, -0.15) is 0 Å². The van der Waals surface area contributed by atoms with Crippen LogP contribution in [0.2, 0.25) is 0 Å². The number of ether oxygens (including phenoxy) is 2. The summed E-state index contributed by atoms with van der Waals surface area (Å²) in [5, 5.41) is 2.22. The summed E-state index contributed by atoms with van der Waals surface area (Å²) in [6.07, 6.45) is 1.56. The molecule has 1 aromatic carbocycles. The van der Waals surface area contributed by atoms with Crippen LogP contribution >= 0.6 is 0 Å². The fourth-order valence-electron chi connectivity index (χ4n) is 3.78. The minimum Gasteiger partial charge on any atom is -0.458 e. The molecular formula is C21H25N3O3. The molecule has 1 saturated heterocycles. The number of H-pyrrole nitrogens is 1. The number of morpholine rings is 1. The molecule has 0 amide bonds. The minimum absolute atomic E-state index is 0.172. The van der Waals surface area contributed by atoms with Gasteiger partial charge in [0.25, 0.3) is 0 Å². The van der Waals surface area contributed by atoms with Gasteiger partial charge in [-0.15, -0.1) is 0 Å². The number of aromatic nitrogens is 2. The molecule has 142 valence electrons. The highest BCUT2D eigenvalue weighted by Gasteiger charge is 2.20. The number of aryl methyl sites for hydroxylation is 1. The van der Waals surface area contributed by atoms with E-state index in [9.17, 15) is 4.79 Å². The standard InChI is InChI=1S/C21H25N3O3/c1-13(2)27-21(25)20-14(3)18-17(11-22-20)23-16-6-4-5-15(19(16)18)12-24-7-9-26-10-8-24/h4-6,11,13,23H,7-10,12H2,1-3H3. The van der Waals surface area contributed by atoms with Gasteiger partial charge in [0.2, 0.25) is 0 Å². The molecule has 27 heavy (non-hydrogen) atoms. The highest BCUT2D eigenvalue weighted by atomic mass is 16.5. The molecule has 3 aromatic rings. The van der Waals surface area contributed by atoms with Crippen LogP contribution in [0.1, 0.15) is 35.5 Å². The van der Waals surface area contributed by atoms with Crippen LogP contribution < -0.4 is 0 Å². The van der Waals surface area contributed by atoms with Crippen LogP contribution in [0.3, 0.4) is 0 Å². The first kappa shape index (κ1) is 17.9. The highest BCUT2D eigenvalue weighted by Crippen LogP contribution is 2.32. The van der Waals surface area contributed by atoms with E-state index in [1.807, 2.05) is 20.8 Å². The number of benzene rings is 1. The number of nitrogens with zero attached hydrogens (tertiary/aromatic N) is 2. The Morgan fingerprint density at radius 2 is 2.04 bits per heavy atom. The van der Waals surface area contributed by atoms with Gasteiger partial charge in [0, 0.05) is 35.9 Å². The van der Waals surface area contributed by atoms with Crippen molar-refractivity contribution in [1.82, 2.24) is 14.9 Å². The van der Waals surface area contributed by atoms with E-state index in [0.717, 1.165) is 60.2 Å². The van der Waals surface area contributed by atoms with Crippen LogP contribution in [0.4, 0.5) is 0 Å². The topological polar surface area (TPSA) is 67.5 Å². The number of nitrogens with one attached hydrogen (secondary N) is 1. The number of esters is 1. The largest absolute Gasteiger partial charge is 0.458 e. The Kier molecular flexibility index (Phi) is 4.85. The SMILES string of the molecule is Cc1c(C(=O)OC(C)C)ncc2[nH]c3cccc(CN4CCOCC4)c3c12. The summed E-state index contributed by atoms with van der Waals surface area (Å²) >= 11 is 0. The summed E-state index contributed by atoms with van der Waals surface area (Å²) in [6.45, 7) is 9.93. The molecule has 0 spiro atoms. The van der Waals surface area contributed by atoms with Crippen LogP contribution in [0.5, 0.6) is 0 Å². The number of carbonyl (C=O) groups excluding carboxylic acids is 1. The normalized spacial score (nSPS) is 15.7. The lowest BCUT2D eigenvalue weighted by molar-refractivity contribution is 0.0343. The summed E-state index contributed by atoms with van der Waals surface area (Å²) in [4.78, 5) is 22.7. The second-order valence-electron chi connectivity index (χ2n) is 7.33. The molecule has 3 heterocycles. The van der Waals surface area contributed by atoms with Crippen LogP contribution in [-0.4, -0.2) is 53.2 Å². The van der Waals surface area contributed by atoms with Crippen molar-refractivity contribution in [3.63, 3.8) is 0 Å². The number of pyridine rings is 1. The first-order valence-corrected chi connectivity index (χ1v) is 9.44. The zero-order valence-corrected chi connectivity index (χ0v) is 16.0. The molecule has 0 atom stereocenters. The summed E-state index contributed by atoms with van der Waals surface area (Å²) in [5.74, 6) is -0.371. The quantitative estimate of drug-likeness (QED) is 0.716. The van der Waals surface area contributed by atoms with Gasteiger partial charge in [-0.3, -0.25) is 4.90 Å². The van der Waals surface area contributed by atoms with E-state index in [-0.39, 0.29) is 12.1 Å². The second-order valence-corrected chi connectivity index (χ2v) is 7.33. The van der Waals surface area contributed by atoms with Crippen LogP contribution in [-0.2, 0) is 16.0 Å². The maximum absolute atomic E-state index is 12.5.